The SMILES string of the molecule is Cc1cc(C(=O)N(CCN2CCCC2)Cc2nccs2)n(C)n1. The van der Waals surface area contributed by atoms with Gasteiger partial charge in [-0.05, 0) is 38.9 Å². The normalized spacial score (nSPS) is 15.2. The molecule has 2 aromatic heterocycles. The summed E-state index contributed by atoms with van der Waals surface area (Å²) in [6, 6.07) is 1.85. The van der Waals surface area contributed by atoms with Crippen LogP contribution in [0.3, 0.4) is 0 Å². The van der Waals surface area contributed by atoms with E-state index in [0.29, 0.717) is 12.2 Å². The highest BCUT2D eigenvalue weighted by atomic mass is 32.1. The highest BCUT2D eigenvalue weighted by molar-refractivity contribution is 7.09. The van der Waals surface area contributed by atoms with Crippen molar-refractivity contribution in [2.45, 2.75) is 26.3 Å². The number of hydrogen-bond donors (Lipinski definition) is 0. The Bertz CT molecular complexity index is 645. The zero-order chi connectivity index (χ0) is 16.2. The van der Waals surface area contributed by atoms with Crippen molar-refractivity contribution in [1.82, 2.24) is 24.6 Å². The summed E-state index contributed by atoms with van der Waals surface area (Å²) < 4.78 is 1.67. The van der Waals surface area contributed by atoms with Crippen LogP contribution in [-0.2, 0) is 13.6 Å². The topological polar surface area (TPSA) is 54.3 Å². The van der Waals surface area contributed by atoms with E-state index < -0.39 is 0 Å². The largest absolute Gasteiger partial charge is 0.329 e. The van der Waals surface area contributed by atoms with Crippen molar-refractivity contribution in [3.8, 4) is 0 Å². The molecule has 3 heterocycles. The van der Waals surface area contributed by atoms with E-state index in [1.54, 1.807) is 22.2 Å². The first-order valence-corrected chi connectivity index (χ1v) is 8.92. The van der Waals surface area contributed by atoms with Crippen LogP contribution >= 0.6 is 11.3 Å². The average Bonchev–Trinajstić information content (AvgIpc) is 3.25. The molecule has 0 radical (unpaired) electrons. The van der Waals surface area contributed by atoms with Gasteiger partial charge in [-0.3, -0.25) is 9.48 Å². The zero-order valence-corrected chi connectivity index (χ0v) is 14.6. The molecule has 0 N–H and O–H groups in total. The first kappa shape index (κ1) is 16.1. The molecule has 0 atom stereocenters. The summed E-state index contributed by atoms with van der Waals surface area (Å²) in [5.74, 6) is 0.0301. The monoisotopic (exact) mass is 333 g/mol. The van der Waals surface area contributed by atoms with Crippen molar-refractivity contribution in [3.05, 3.63) is 34.0 Å². The summed E-state index contributed by atoms with van der Waals surface area (Å²) in [7, 11) is 1.82. The van der Waals surface area contributed by atoms with Crippen molar-refractivity contribution in [2.24, 2.45) is 7.05 Å². The Hall–Kier alpha value is -1.73. The molecule has 0 saturated carbocycles. The summed E-state index contributed by atoms with van der Waals surface area (Å²) in [6.45, 7) is 6.41. The molecule has 0 spiro atoms. The molecule has 1 saturated heterocycles. The van der Waals surface area contributed by atoms with Crippen LogP contribution in [-0.4, -0.2) is 56.7 Å². The maximum absolute atomic E-state index is 12.9. The summed E-state index contributed by atoms with van der Waals surface area (Å²) >= 11 is 1.59. The van der Waals surface area contributed by atoms with Gasteiger partial charge in [0.25, 0.3) is 5.91 Å². The Morgan fingerprint density at radius 3 is 2.78 bits per heavy atom. The fourth-order valence-corrected chi connectivity index (χ4v) is 3.62. The number of carbonyl (C=O) groups excluding carboxylic acids is 1. The fraction of sp³-hybridized carbons (Fsp3) is 0.562. The molecule has 1 amide bonds. The van der Waals surface area contributed by atoms with Crippen molar-refractivity contribution >= 4 is 17.2 Å². The van der Waals surface area contributed by atoms with Crippen molar-refractivity contribution in [1.29, 1.82) is 0 Å². The number of carbonyl (C=O) groups is 1. The van der Waals surface area contributed by atoms with E-state index in [9.17, 15) is 4.79 Å². The molecular weight excluding hydrogens is 310 g/mol. The second kappa shape index (κ2) is 7.23. The van der Waals surface area contributed by atoms with E-state index in [1.165, 1.54) is 12.8 Å². The van der Waals surface area contributed by atoms with Crippen LogP contribution in [0.2, 0.25) is 0 Å². The Labute approximate surface area is 140 Å². The third-order valence-electron chi connectivity index (χ3n) is 4.20. The van der Waals surface area contributed by atoms with Gasteiger partial charge < -0.3 is 9.80 Å². The summed E-state index contributed by atoms with van der Waals surface area (Å²) in [5.41, 5.74) is 1.50. The van der Waals surface area contributed by atoms with E-state index in [-0.39, 0.29) is 5.91 Å². The van der Waals surface area contributed by atoms with Gasteiger partial charge in [0.1, 0.15) is 10.7 Å². The van der Waals surface area contributed by atoms with Crippen LogP contribution in [0.15, 0.2) is 17.6 Å². The number of amides is 1. The third kappa shape index (κ3) is 3.97. The lowest BCUT2D eigenvalue weighted by molar-refractivity contribution is 0.0716. The molecule has 0 aromatic carbocycles. The Morgan fingerprint density at radius 2 is 2.17 bits per heavy atom. The van der Waals surface area contributed by atoms with E-state index >= 15 is 0 Å². The number of aryl methyl sites for hydroxylation is 2. The van der Waals surface area contributed by atoms with E-state index in [1.807, 2.05) is 30.3 Å². The summed E-state index contributed by atoms with van der Waals surface area (Å²) in [4.78, 5) is 21.6. The number of aromatic nitrogens is 3. The highest BCUT2D eigenvalue weighted by Crippen LogP contribution is 2.14. The molecule has 6 nitrogen and oxygen atoms in total. The van der Waals surface area contributed by atoms with Crippen molar-refractivity contribution < 1.29 is 4.79 Å². The van der Waals surface area contributed by atoms with Crippen molar-refractivity contribution in [3.63, 3.8) is 0 Å². The van der Waals surface area contributed by atoms with E-state index in [4.69, 9.17) is 0 Å². The van der Waals surface area contributed by atoms with Gasteiger partial charge in [0, 0.05) is 31.7 Å². The minimum absolute atomic E-state index is 0.0301. The second-order valence-electron chi connectivity index (χ2n) is 6.00. The standard InChI is InChI=1S/C16H23N5OS/c1-13-11-14(19(2)18-13)16(22)21(12-15-17-5-10-23-15)9-8-20-6-3-4-7-20/h5,10-11H,3-4,6-9,12H2,1-2H3. The number of rotatable bonds is 6. The quantitative estimate of drug-likeness (QED) is 0.810. The molecule has 1 fully saturated rings. The van der Waals surface area contributed by atoms with Gasteiger partial charge in [-0.15, -0.1) is 11.3 Å². The second-order valence-corrected chi connectivity index (χ2v) is 6.97. The predicted molar refractivity (Wildman–Crippen MR) is 90.5 cm³/mol. The molecule has 0 unspecified atom stereocenters. The number of thiazole rings is 1. The molecule has 0 bridgehead atoms. The van der Waals surface area contributed by atoms with Gasteiger partial charge in [0.05, 0.1) is 12.2 Å². The van der Waals surface area contributed by atoms with Gasteiger partial charge in [-0.2, -0.15) is 5.10 Å². The minimum Gasteiger partial charge on any atom is -0.329 e. The molecule has 23 heavy (non-hydrogen) atoms. The molecule has 1 aliphatic rings. The Morgan fingerprint density at radius 1 is 1.39 bits per heavy atom. The van der Waals surface area contributed by atoms with Gasteiger partial charge in [0.2, 0.25) is 0 Å². The third-order valence-corrected chi connectivity index (χ3v) is 4.97. The highest BCUT2D eigenvalue weighted by Gasteiger charge is 2.22. The summed E-state index contributed by atoms with van der Waals surface area (Å²) in [6.07, 6.45) is 4.32. The van der Waals surface area contributed by atoms with Crippen LogP contribution in [0, 0.1) is 6.92 Å². The van der Waals surface area contributed by atoms with Gasteiger partial charge in [-0.25, -0.2) is 4.98 Å². The Kier molecular flexibility index (Phi) is 5.07. The summed E-state index contributed by atoms with van der Waals surface area (Å²) in [5, 5.41) is 7.22. The lowest BCUT2D eigenvalue weighted by Gasteiger charge is -2.24. The number of likely N-dealkylation sites (tertiary alicyclic amines) is 1. The predicted octanol–water partition coefficient (Wildman–Crippen LogP) is 1.92. The lowest BCUT2D eigenvalue weighted by Crippen LogP contribution is -2.38. The van der Waals surface area contributed by atoms with Gasteiger partial charge >= 0.3 is 0 Å². The molecule has 0 aliphatic carbocycles. The lowest BCUT2D eigenvalue weighted by atomic mass is 10.3. The van der Waals surface area contributed by atoms with Crippen LogP contribution in [0.25, 0.3) is 0 Å². The zero-order valence-electron chi connectivity index (χ0n) is 13.7. The molecule has 1 aliphatic heterocycles. The van der Waals surface area contributed by atoms with E-state index in [0.717, 1.165) is 36.9 Å². The van der Waals surface area contributed by atoms with Crippen LogP contribution in [0.5, 0.6) is 0 Å². The van der Waals surface area contributed by atoms with Crippen LogP contribution < -0.4 is 0 Å². The molecule has 124 valence electrons. The minimum atomic E-state index is 0.0301. The maximum Gasteiger partial charge on any atom is 0.272 e. The molecule has 2 aromatic rings. The molecule has 3 rings (SSSR count). The van der Waals surface area contributed by atoms with E-state index in [2.05, 4.69) is 15.0 Å². The van der Waals surface area contributed by atoms with Crippen LogP contribution in [0.1, 0.15) is 34.0 Å². The Balaban J connectivity index is 1.72. The molecular formula is C16H23N5OS. The number of nitrogens with zero attached hydrogens (tertiary/aromatic N) is 5. The van der Waals surface area contributed by atoms with Crippen LogP contribution in [0.4, 0.5) is 0 Å². The number of hydrogen-bond acceptors (Lipinski definition) is 5. The average molecular weight is 333 g/mol. The smallest absolute Gasteiger partial charge is 0.272 e. The van der Waals surface area contributed by atoms with Gasteiger partial charge in [-0.1, -0.05) is 0 Å². The maximum atomic E-state index is 12.9. The van der Waals surface area contributed by atoms with Crippen molar-refractivity contribution in [2.75, 3.05) is 26.2 Å². The first-order chi connectivity index (χ1) is 11.1. The first-order valence-electron chi connectivity index (χ1n) is 8.04. The molecule has 7 heteroatoms. The van der Waals surface area contributed by atoms with Gasteiger partial charge in [0.15, 0.2) is 0 Å². The fourth-order valence-electron chi connectivity index (χ4n) is 2.99.